The van der Waals surface area contributed by atoms with Gasteiger partial charge in [-0.15, -0.1) is 0 Å². The molecule has 2 aliphatic heterocycles. The van der Waals surface area contributed by atoms with Crippen LogP contribution >= 0.6 is 0 Å². The zero-order valence-electron chi connectivity index (χ0n) is 13.5. The van der Waals surface area contributed by atoms with E-state index in [1.807, 2.05) is 12.1 Å². The van der Waals surface area contributed by atoms with Crippen molar-refractivity contribution in [3.05, 3.63) is 29.8 Å². The second-order valence-corrected chi connectivity index (χ2v) is 6.75. The number of methoxy groups -OCH3 is 1. The van der Waals surface area contributed by atoms with E-state index in [2.05, 4.69) is 17.0 Å². The van der Waals surface area contributed by atoms with Gasteiger partial charge in [0.05, 0.1) is 26.4 Å². The summed E-state index contributed by atoms with van der Waals surface area (Å²) in [6, 6.07) is 8.31. The number of likely N-dealkylation sites (tertiary alicyclic amines) is 1. The van der Waals surface area contributed by atoms with Crippen molar-refractivity contribution < 1.29 is 14.6 Å². The van der Waals surface area contributed by atoms with Crippen LogP contribution in [0.1, 0.15) is 24.8 Å². The van der Waals surface area contributed by atoms with Crippen molar-refractivity contribution in [2.45, 2.75) is 31.8 Å². The van der Waals surface area contributed by atoms with Crippen LogP contribution in [0.15, 0.2) is 24.3 Å². The number of rotatable bonds is 5. The molecule has 0 bridgehead atoms. The van der Waals surface area contributed by atoms with Gasteiger partial charge in [0, 0.05) is 6.54 Å². The fourth-order valence-electron chi connectivity index (χ4n) is 3.79. The van der Waals surface area contributed by atoms with Crippen LogP contribution in [-0.4, -0.2) is 56.1 Å². The van der Waals surface area contributed by atoms with Gasteiger partial charge < -0.3 is 19.5 Å². The number of aliphatic hydroxyl groups excluding tert-OH is 1. The van der Waals surface area contributed by atoms with Crippen LogP contribution in [0.5, 0.6) is 5.75 Å². The maximum atomic E-state index is 9.04. The highest BCUT2D eigenvalue weighted by Gasteiger charge is 2.42. The zero-order valence-corrected chi connectivity index (χ0v) is 13.5. The van der Waals surface area contributed by atoms with Crippen LogP contribution in [-0.2, 0) is 11.2 Å². The Bertz CT molecular complexity index is 466. The molecule has 2 fully saturated rings. The topological polar surface area (TPSA) is 41.9 Å². The van der Waals surface area contributed by atoms with E-state index in [-0.39, 0.29) is 6.61 Å². The lowest BCUT2D eigenvalue weighted by Gasteiger charge is -2.38. The number of hydrogen-bond acceptors (Lipinski definition) is 4. The Morgan fingerprint density at radius 2 is 2.00 bits per heavy atom. The van der Waals surface area contributed by atoms with Gasteiger partial charge in [0.15, 0.2) is 0 Å². The van der Waals surface area contributed by atoms with E-state index < -0.39 is 0 Å². The molecule has 3 rings (SSSR count). The quantitative estimate of drug-likeness (QED) is 0.904. The maximum Gasteiger partial charge on any atom is 0.118 e. The number of nitrogens with zero attached hydrogens (tertiary/aromatic N) is 1. The van der Waals surface area contributed by atoms with E-state index in [0.717, 1.165) is 38.4 Å². The number of hydrogen-bond donors (Lipinski definition) is 1. The van der Waals surface area contributed by atoms with Gasteiger partial charge >= 0.3 is 0 Å². The first kappa shape index (κ1) is 15.8. The van der Waals surface area contributed by atoms with Crippen molar-refractivity contribution >= 4 is 0 Å². The number of ether oxygens (including phenoxy) is 2. The zero-order chi connectivity index (χ0) is 15.4. The lowest BCUT2D eigenvalue weighted by molar-refractivity contribution is 0.0600. The van der Waals surface area contributed by atoms with Gasteiger partial charge in [0.1, 0.15) is 5.75 Å². The molecule has 0 aliphatic carbocycles. The normalized spacial score (nSPS) is 24.7. The van der Waals surface area contributed by atoms with Crippen LogP contribution in [0, 0.1) is 5.41 Å². The second-order valence-electron chi connectivity index (χ2n) is 6.75. The predicted molar refractivity (Wildman–Crippen MR) is 86.2 cm³/mol. The Kier molecular flexibility index (Phi) is 5.01. The molecule has 0 aromatic heterocycles. The molecule has 0 radical (unpaired) electrons. The molecule has 4 nitrogen and oxygen atoms in total. The summed E-state index contributed by atoms with van der Waals surface area (Å²) in [7, 11) is 1.70. The summed E-state index contributed by atoms with van der Waals surface area (Å²) in [4.78, 5) is 2.36. The minimum atomic E-state index is 0.267. The standard InChI is InChI=1S/C18H27NO3/c1-21-16-4-2-15(3-5-16)12-17-13-18(14-22-17)6-8-19(9-7-18)10-11-20/h2-5,17,20H,6-14H2,1H3/t17-/m1/s1. The van der Waals surface area contributed by atoms with Crippen molar-refractivity contribution in [2.75, 3.05) is 40.0 Å². The summed E-state index contributed by atoms with van der Waals surface area (Å²) in [5.41, 5.74) is 1.70. The molecule has 1 N–H and O–H groups in total. The SMILES string of the molecule is COc1ccc(C[C@@H]2CC3(CCN(CCO)CC3)CO2)cc1. The number of aliphatic hydroxyl groups is 1. The highest BCUT2D eigenvalue weighted by molar-refractivity contribution is 5.27. The average Bonchev–Trinajstić information content (AvgIpc) is 2.93. The highest BCUT2D eigenvalue weighted by atomic mass is 16.5. The molecule has 2 heterocycles. The van der Waals surface area contributed by atoms with Crippen LogP contribution in [0.2, 0.25) is 0 Å². The van der Waals surface area contributed by atoms with Gasteiger partial charge in [0.2, 0.25) is 0 Å². The van der Waals surface area contributed by atoms with Crippen molar-refractivity contribution in [3.63, 3.8) is 0 Å². The van der Waals surface area contributed by atoms with Crippen molar-refractivity contribution in [2.24, 2.45) is 5.41 Å². The Hall–Kier alpha value is -1.10. The monoisotopic (exact) mass is 305 g/mol. The molecule has 22 heavy (non-hydrogen) atoms. The third-order valence-corrected chi connectivity index (χ3v) is 5.24. The van der Waals surface area contributed by atoms with Gasteiger partial charge in [-0.25, -0.2) is 0 Å². The number of piperidine rings is 1. The summed E-state index contributed by atoms with van der Waals surface area (Å²) >= 11 is 0. The summed E-state index contributed by atoms with van der Waals surface area (Å²) in [6.45, 7) is 4.18. The highest BCUT2D eigenvalue weighted by Crippen LogP contribution is 2.42. The second kappa shape index (κ2) is 6.99. The predicted octanol–water partition coefficient (Wildman–Crippen LogP) is 2.10. The number of benzene rings is 1. The molecule has 1 aromatic rings. The minimum Gasteiger partial charge on any atom is -0.497 e. The Morgan fingerprint density at radius 3 is 2.64 bits per heavy atom. The van der Waals surface area contributed by atoms with Crippen molar-refractivity contribution in [1.82, 2.24) is 4.90 Å². The first-order valence-electron chi connectivity index (χ1n) is 8.31. The van der Waals surface area contributed by atoms with E-state index in [1.54, 1.807) is 7.11 Å². The molecule has 1 spiro atoms. The fourth-order valence-corrected chi connectivity index (χ4v) is 3.79. The van der Waals surface area contributed by atoms with Gasteiger partial charge in [-0.1, -0.05) is 12.1 Å². The van der Waals surface area contributed by atoms with Gasteiger partial charge in [-0.2, -0.15) is 0 Å². The van der Waals surface area contributed by atoms with Crippen molar-refractivity contribution in [1.29, 1.82) is 0 Å². The fraction of sp³-hybridized carbons (Fsp3) is 0.667. The average molecular weight is 305 g/mol. The molecule has 0 saturated carbocycles. The Balaban J connectivity index is 1.51. The molecule has 0 amide bonds. The Morgan fingerprint density at radius 1 is 1.27 bits per heavy atom. The Labute approximate surface area is 133 Å². The van der Waals surface area contributed by atoms with Gasteiger partial charge in [-0.3, -0.25) is 0 Å². The molecular weight excluding hydrogens is 278 g/mol. The summed E-state index contributed by atoms with van der Waals surface area (Å²) in [5, 5.41) is 9.04. The van der Waals surface area contributed by atoms with E-state index in [9.17, 15) is 0 Å². The smallest absolute Gasteiger partial charge is 0.118 e. The molecule has 0 unspecified atom stereocenters. The summed E-state index contributed by atoms with van der Waals surface area (Å²) in [6.07, 6.45) is 4.91. The third-order valence-electron chi connectivity index (χ3n) is 5.24. The molecular formula is C18H27NO3. The lowest BCUT2D eigenvalue weighted by atomic mass is 9.76. The van der Waals surface area contributed by atoms with Crippen LogP contribution < -0.4 is 4.74 Å². The van der Waals surface area contributed by atoms with Crippen LogP contribution in [0.4, 0.5) is 0 Å². The first-order valence-corrected chi connectivity index (χ1v) is 8.31. The lowest BCUT2D eigenvalue weighted by Crippen LogP contribution is -2.41. The maximum absolute atomic E-state index is 9.04. The molecule has 1 atom stereocenters. The third kappa shape index (κ3) is 3.62. The minimum absolute atomic E-state index is 0.267. The molecule has 2 saturated heterocycles. The molecule has 122 valence electrons. The van der Waals surface area contributed by atoms with Crippen LogP contribution in [0.3, 0.4) is 0 Å². The van der Waals surface area contributed by atoms with E-state index in [1.165, 1.54) is 24.8 Å². The molecule has 2 aliphatic rings. The number of β-amino-alcohol motifs (C(OH)–C–C–N with tert-alkyl or cyclic N) is 1. The van der Waals surface area contributed by atoms with E-state index in [0.29, 0.717) is 11.5 Å². The van der Waals surface area contributed by atoms with E-state index in [4.69, 9.17) is 14.6 Å². The van der Waals surface area contributed by atoms with Crippen molar-refractivity contribution in [3.8, 4) is 5.75 Å². The summed E-state index contributed by atoms with van der Waals surface area (Å²) in [5.74, 6) is 0.906. The summed E-state index contributed by atoms with van der Waals surface area (Å²) < 4.78 is 11.3. The molecule has 4 heteroatoms. The van der Waals surface area contributed by atoms with Gasteiger partial charge in [0.25, 0.3) is 0 Å². The first-order chi connectivity index (χ1) is 10.7. The van der Waals surface area contributed by atoms with Crippen LogP contribution in [0.25, 0.3) is 0 Å². The largest absolute Gasteiger partial charge is 0.497 e. The van der Waals surface area contributed by atoms with E-state index >= 15 is 0 Å². The van der Waals surface area contributed by atoms with Gasteiger partial charge in [-0.05, 0) is 61.9 Å². The molecule has 1 aromatic carbocycles.